The maximum atomic E-state index is 11.9. The number of carboxylic acids is 1. The number of rotatable bonds is 4. The summed E-state index contributed by atoms with van der Waals surface area (Å²) >= 11 is 0.822. The molecule has 0 spiro atoms. The molecule has 1 aliphatic rings. The lowest BCUT2D eigenvalue weighted by atomic mass is 10.1. The number of hydrogen-bond donors (Lipinski definition) is 2. The highest BCUT2D eigenvalue weighted by Gasteiger charge is 2.36. The fourth-order valence-corrected chi connectivity index (χ4v) is 2.39. The SMILES string of the molecule is N[C@H](CSN1C(=O)c2ccccc2C1=O)C(=O)O. The molecule has 0 fully saturated rings. The predicted octanol–water partition coefficient (Wildman–Crippen LogP) is 0.343. The summed E-state index contributed by atoms with van der Waals surface area (Å²) in [6.07, 6.45) is 0. The van der Waals surface area contributed by atoms with E-state index in [0.29, 0.717) is 11.1 Å². The molecule has 0 aliphatic carbocycles. The number of nitrogens with two attached hydrogens (primary N) is 1. The van der Waals surface area contributed by atoms with Crippen LogP contribution in [0.25, 0.3) is 0 Å². The number of imide groups is 1. The van der Waals surface area contributed by atoms with Crippen LogP contribution in [0, 0.1) is 0 Å². The summed E-state index contributed by atoms with van der Waals surface area (Å²) in [5.41, 5.74) is 5.99. The standard InChI is InChI=1S/C11H10N2O4S/c12-8(11(16)17)5-18-13-9(14)6-3-1-2-4-7(6)10(13)15/h1-4,8H,5,12H2,(H,16,17)/t8-/m1/s1. The molecule has 0 unspecified atom stereocenters. The van der Waals surface area contributed by atoms with Crippen molar-refractivity contribution in [3.63, 3.8) is 0 Å². The normalized spacial score (nSPS) is 15.7. The van der Waals surface area contributed by atoms with E-state index in [4.69, 9.17) is 10.8 Å². The molecule has 7 heteroatoms. The molecule has 0 aromatic heterocycles. The Morgan fingerprint density at radius 3 is 2.22 bits per heavy atom. The Kier molecular flexibility index (Phi) is 3.35. The van der Waals surface area contributed by atoms with Crippen LogP contribution < -0.4 is 5.73 Å². The first-order chi connectivity index (χ1) is 8.52. The van der Waals surface area contributed by atoms with Crippen LogP contribution >= 0.6 is 11.9 Å². The van der Waals surface area contributed by atoms with Gasteiger partial charge in [-0.2, -0.15) is 0 Å². The van der Waals surface area contributed by atoms with E-state index in [-0.39, 0.29) is 5.75 Å². The number of carbonyl (C=O) groups excluding carboxylic acids is 2. The quantitative estimate of drug-likeness (QED) is 0.602. The lowest BCUT2D eigenvalue weighted by molar-refractivity contribution is -0.137. The highest BCUT2D eigenvalue weighted by atomic mass is 32.2. The van der Waals surface area contributed by atoms with Crippen LogP contribution in [0.2, 0.25) is 0 Å². The molecule has 94 valence electrons. The van der Waals surface area contributed by atoms with Crippen molar-refractivity contribution >= 4 is 29.7 Å². The van der Waals surface area contributed by atoms with Crippen molar-refractivity contribution in [3.05, 3.63) is 35.4 Å². The minimum atomic E-state index is -1.17. The van der Waals surface area contributed by atoms with Gasteiger partial charge in [-0.05, 0) is 24.1 Å². The third kappa shape index (κ3) is 2.09. The van der Waals surface area contributed by atoms with Gasteiger partial charge < -0.3 is 10.8 Å². The summed E-state index contributed by atoms with van der Waals surface area (Å²) in [5.74, 6) is -2.07. The van der Waals surface area contributed by atoms with Gasteiger partial charge >= 0.3 is 5.97 Å². The predicted molar refractivity (Wildman–Crippen MR) is 65.0 cm³/mol. The molecule has 1 heterocycles. The smallest absolute Gasteiger partial charge is 0.321 e. The maximum absolute atomic E-state index is 11.9. The summed E-state index contributed by atoms with van der Waals surface area (Å²) in [5, 5.41) is 8.63. The zero-order valence-electron chi connectivity index (χ0n) is 9.20. The third-order valence-electron chi connectivity index (χ3n) is 2.46. The number of amides is 2. The van der Waals surface area contributed by atoms with Gasteiger partial charge in [0.1, 0.15) is 6.04 Å². The third-order valence-corrected chi connectivity index (χ3v) is 3.56. The van der Waals surface area contributed by atoms with Gasteiger partial charge in [0.25, 0.3) is 11.8 Å². The van der Waals surface area contributed by atoms with Gasteiger partial charge in [-0.15, -0.1) is 0 Å². The Hall–Kier alpha value is -1.86. The molecule has 0 saturated heterocycles. The molecule has 0 saturated carbocycles. The highest BCUT2D eigenvalue weighted by molar-refractivity contribution is 7.98. The van der Waals surface area contributed by atoms with Crippen molar-refractivity contribution in [2.24, 2.45) is 5.73 Å². The number of nitrogens with zero attached hydrogens (tertiary/aromatic N) is 1. The minimum absolute atomic E-state index is 0.0409. The maximum Gasteiger partial charge on any atom is 0.321 e. The second-order valence-electron chi connectivity index (χ2n) is 3.69. The van der Waals surface area contributed by atoms with Crippen molar-refractivity contribution < 1.29 is 19.5 Å². The topological polar surface area (TPSA) is 101 Å². The first kappa shape index (κ1) is 12.6. The van der Waals surface area contributed by atoms with E-state index in [0.717, 1.165) is 16.3 Å². The Bertz CT molecular complexity index is 497. The second-order valence-corrected chi connectivity index (χ2v) is 4.65. The van der Waals surface area contributed by atoms with E-state index >= 15 is 0 Å². The summed E-state index contributed by atoms with van der Waals surface area (Å²) in [4.78, 5) is 34.3. The number of hydrogen-bond acceptors (Lipinski definition) is 5. The lowest BCUT2D eigenvalue weighted by Crippen LogP contribution is -2.35. The van der Waals surface area contributed by atoms with Gasteiger partial charge in [0.2, 0.25) is 0 Å². The van der Waals surface area contributed by atoms with Gasteiger partial charge in [0.05, 0.1) is 11.1 Å². The molecular weight excluding hydrogens is 256 g/mol. The number of fused-ring (bicyclic) bond motifs is 1. The molecule has 3 N–H and O–H groups in total. The average Bonchev–Trinajstić information content (AvgIpc) is 2.60. The molecule has 0 radical (unpaired) electrons. The molecule has 6 nitrogen and oxygen atoms in total. The molecule has 2 amide bonds. The van der Waals surface area contributed by atoms with Crippen LogP contribution in [0.5, 0.6) is 0 Å². The molecular formula is C11H10N2O4S. The van der Waals surface area contributed by atoms with Crippen molar-refractivity contribution in [2.45, 2.75) is 6.04 Å². The van der Waals surface area contributed by atoms with Gasteiger partial charge in [0.15, 0.2) is 0 Å². The van der Waals surface area contributed by atoms with Crippen LogP contribution in [0.1, 0.15) is 20.7 Å². The number of carbonyl (C=O) groups is 3. The van der Waals surface area contributed by atoms with Gasteiger partial charge in [-0.1, -0.05) is 12.1 Å². The fraction of sp³-hybridized carbons (Fsp3) is 0.182. The number of benzene rings is 1. The summed E-state index contributed by atoms with van der Waals surface area (Å²) in [6.45, 7) is 0. The summed E-state index contributed by atoms with van der Waals surface area (Å²) < 4.78 is 0.952. The number of carboxylic acid groups (broad SMARTS) is 1. The largest absolute Gasteiger partial charge is 0.480 e. The van der Waals surface area contributed by atoms with E-state index in [1.165, 1.54) is 0 Å². The zero-order valence-corrected chi connectivity index (χ0v) is 10.0. The van der Waals surface area contributed by atoms with Gasteiger partial charge in [-0.25, -0.2) is 4.31 Å². The van der Waals surface area contributed by atoms with Crippen LogP contribution in [0.4, 0.5) is 0 Å². The fourth-order valence-electron chi connectivity index (χ4n) is 1.51. The van der Waals surface area contributed by atoms with E-state index in [2.05, 4.69) is 0 Å². The molecule has 1 aliphatic heterocycles. The second kappa shape index (κ2) is 4.79. The van der Waals surface area contributed by atoms with Crippen LogP contribution in [0.15, 0.2) is 24.3 Å². The Morgan fingerprint density at radius 1 is 1.28 bits per heavy atom. The molecule has 18 heavy (non-hydrogen) atoms. The molecule has 1 aromatic carbocycles. The Labute approximate surface area is 107 Å². The lowest BCUT2D eigenvalue weighted by Gasteiger charge is -2.13. The Balaban J connectivity index is 2.12. The molecule has 2 rings (SSSR count). The van der Waals surface area contributed by atoms with Crippen molar-refractivity contribution in [3.8, 4) is 0 Å². The highest BCUT2D eigenvalue weighted by Crippen LogP contribution is 2.28. The average molecular weight is 266 g/mol. The minimum Gasteiger partial charge on any atom is -0.480 e. The summed E-state index contributed by atoms with van der Waals surface area (Å²) in [7, 11) is 0. The van der Waals surface area contributed by atoms with Crippen molar-refractivity contribution in [1.29, 1.82) is 0 Å². The zero-order chi connectivity index (χ0) is 13.3. The van der Waals surface area contributed by atoms with E-state index in [1.807, 2.05) is 0 Å². The van der Waals surface area contributed by atoms with E-state index in [1.54, 1.807) is 24.3 Å². The molecule has 1 atom stereocenters. The van der Waals surface area contributed by atoms with Gasteiger partial charge in [0, 0.05) is 5.75 Å². The summed E-state index contributed by atoms with van der Waals surface area (Å²) in [6, 6.07) is 5.35. The molecule has 1 aromatic rings. The Morgan fingerprint density at radius 2 is 1.78 bits per heavy atom. The van der Waals surface area contributed by atoms with E-state index in [9.17, 15) is 14.4 Å². The van der Waals surface area contributed by atoms with Crippen LogP contribution in [-0.2, 0) is 4.79 Å². The first-order valence-corrected chi connectivity index (χ1v) is 6.05. The van der Waals surface area contributed by atoms with Crippen LogP contribution in [-0.4, -0.2) is 39.0 Å². The monoisotopic (exact) mass is 266 g/mol. The van der Waals surface area contributed by atoms with Crippen LogP contribution in [0.3, 0.4) is 0 Å². The van der Waals surface area contributed by atoms with Crippen molar-refractivity contribution in [2.75, 3.05) is 5.75 Å². The number of aliphatic carboxylic acids is 1. The van der Waals surface area contributed by atoms with Gasteiger partial charge in [-0.3, -0.25) is 14.4 Å². The van der Waals surface area contributed by atoms with E-state index < -0.39 is 23.8 Å². The van der Waals surface area contributed by atoms with Crippen molar-refractivity contribution in [1.82, 2.24) is 4.31 Å². The first-order valence-electron chi connectivity index (χ1n) is 5.11. The molecule has 0 bridgehead atoms.